The van der Waals surface area contributed by atoms with Crippen LogP contribution in [0.4, 0.5) is 5.69 Å². The van der Waals surface area contributed by atoms with Crippen LogP contribution in [0.25, 0.3) is 11.5 Å². The molecule has 1 aliphatic rings. The Labute approximate surface area is 175 Å². The number of pyridine rings is 1. The molecule has 0 aliphatic carbocycles. The van der Waals surface area contributed by atoms with E-state index in [9.17, 15) is 4.79 Å². The van der Waals surface area contributed by atoms with E-state index in [2.05, 4.69) is 37.7 Å². The van der Waals surface area contributed by atoms with Gasteiger partial charge in [0.05, 0.1) is 17.3 Å². The van der Waals surface area contributed by atoms with Gasteiger partial charge in [-0.1, -0.05) is 17.3 Å². The normalized spacial score (nSPS) is 16.8. The Balaban J connectivity index is 0.00000240. The first kappa shape index (κ1) is 20.9. The van der Waals surface area contributed by atoms with Gasteiger partial charge in [0.2, 0.25) is 0 Å². The van der Waals surface area contributed by atoms with Crippen molar-refractivity contribution in [3.63, 3.8) is 0 Å². The van der Waals surface area contributed by atoms with Crippen LogP contribution in [-0.2, 0) is 0 Å². The fraction of sp³-hybridized carbons (Fsp3) is 0.300. The molecule has 29 heavy (non-hydrogen) atoms. The molecule has 1 atom stereocenters. The van der Waals surface area contributed by atoms with E-state index in [0.717, 1.165) is 25.2 Å². The Kier molecular flexibility index (Phi) is 6.58. The number of aryl methyl sites for hydroxylation is 1. The number of amides is 1. The van der Waals surface area contributed by atoms with Crippen LogP contribution in [0.1, 0.15) is 27.8 Å². The topological polar surface area (TPSA) is 96.2 Å². The Bertz CT molecular complexity index is 978. The molecular formula is C20H23ClN6O2. The van der Waals surface area contributed by atoms with Crippen LogP contribution in [0.2, 0.25) is 0 Å². The number of likely N-dealkylation sites (N-methyl/N-ethyl adjacent to an activating group) is 1. The van der Waals surface area contributed by atoms with Crippen molar-refractivity contribution in [1.82, 2.24) is 25.3 Å². The number of para-hydroxylation sites is 1. The van der Waals surface area contributed by atoms with Crippen molar-refractivity contribution in [3.05, 3.63) is 59.7 Å². The van der Waals surface area contributed by atoms with Crippen LogP contribution in [-0.4, -0.2) is 52.6 Å². The first-order chi connectivity index (χ1) is 13.6. The molecule has 1 saturated heterocycles. The van der Waals surface area contributed by atoms with E-state index in [4.69, 9.17) is 4.52 Å². The molecule has 9 heteroatoms. The SMILES string of the molecule is Cc1cccc(-c2nc(C3CNCCN3C)no2)c1NC(=O)c1ccncc1.Cl. The van der Waals surface area contributed by atoms with Gasteiger partial charge in [-0.15, -0.1) is 12.4 Å². The highest BCUT2D eigenvalue weighted by Crippen LogP contribution is 2.31. The minimum atomic E-state index is -0.214. The maximum absolute atomic E-state index is 12.6. The van der Waals surface area contributed by atoms with E-state index in [-0.39, 0.29) is 24.4 Å². The molecule has 2 N–H and O–H groups in total. The Morgan fingerprint density at radius 2 is 2.07 bits per heavy atom. The number of benzene rings is 1. The number of hydrogen-bond donors (Lipinski definition) is 2. The van der Waals surface area contributed by atoms with E-state index in [1.165, 1.54) is 0 Å². The van der Waals surface area contributed by atoms with E-state index in [1.54, 1.807) is 24.5 Å². The zero-order valence-corrected chi connectivity index (χ0v) is 17.1. The molecular weight excluding hydrogens is 392 g/mol. The van der Waals surface area contributed by atoms with Crippen LogP contribution in [0.15, 0.2) is 47.2 Å². The highest BCUT2D eigenvalue weighted by atomic mass is 35.5. The molecule has 2 aromatic heterocycles. The quantitative estimate of drug-likeness (QED) is 0.677. The Morgan fingerprint density at radius 1 is 1.28 bits per heavy atom. The standard InChI is InChI=1S/C20H22N6O2.ClH/c1-13-4-3-5-15(17(13)23-19(27)14-6-8-21-9-7-14)20-24-18(25-28-20)16-12-22-10-11-26(16)2;/h3-9,16,22H,10-12H2,1-2H3,(H,23,27);1H. The highest BCUT2D eigenvalue weighted by molar-refractivity contribution is 6.06. The van der Waals surface area contributed by atoms with Crippen molar-refractivity contribution in [2.24, 2.45) is 0 Å². The molecule has 1 fully saturated rings. The number of halogens is 1. The Hall–Kier alpha value is -2.81. The van der Waals surface area contributed by atoms with Crippen molar-refractivity contribution in [2.75, 3.05) is 32.0 Å². The molecule has 0 saturated carbocycles. The number of nitrogens with zero attached hydrogens (tertiary/aromatic N) is 4. The number of rotatable bonds is 4. The minimum Gasteiger partial charge on any atom is -0.334 e. The van der Waals surface area contributed by atoms with Crippen LogP contribution in [0.3, 0.4) is 0 Å². The lowest BCUT2D eigenvalue weighted by molar-refractivity contribution is 0.102. The van der Waals surface area contributed by atoms with Gasteiger partial charge in [0.1, 0.15) is 0 Å². The average Bonchev–Trinajstić information content (AvgIpc) is 3.20. The van der Waals surface area contributed by atoms with Crippen LogP contribution >= 0.6 is 12.4 Å². The van der Waals surface area contributed by atoms with E-state index in [0.29, 0.717) is 28.5 Å². The predicted octanol–water partition coefficient (Wildman–Crippen LogP) is 2.69. The zero-order chi connectivity index (χ0) is 19.5. The maximum Gasteiger partial charge on any atom is 0.260 e. The third-order valence-corrected chi connectivity index (χ3v) is 4.94. The number of piperazine rings is 1. The third-order valence-electron chi connectivity index (χ3n) is 4.94. The fourth-order valence-corrected chi connectivity index (χ4v) is 3.27. The number of nitrogens with one attached hydrogen (secondary N) is 2. The van der Waals surface area contributed by atoms with Crippen LogP contribution in [0, 0.1) is 6.92 Å². The summed E-state index contributed by atoms with van der Waals surface area (Å²) in [6.45, 7) is 4.57. The number of hydrogen-bond acceptors (Lipinski definition) is 7. The van der Waals surface area contributed by atoms with Crippen LogP contribution < -0.4 is 10.6 Å². The van der Waals surface area contributed by atoms with Crippen molar-refractivity contribution >= 4 is 24.0 Å². The molecule has 1 aromatic carbocycles. The number of anilines is 1. The smallest absolute Gasteiger partial charge is 0.260 e. The largest absolute Gasteiger partial charge is 0.334 e. The number of carbonyl (C=O) groups is 1. The summed E-state index contributed by atoms with van der Waals surface area (Å²) in [5, 5.41) is 10.5. The molecule has 3 heterocycles. The second-order valence-electron chi connectivity index (χ2n) is 6.85. The highest BCUT2D eigenvalue weighted by Gasteiger charge is 2.26. The molecule has 0 bridgehead atoms. The lowest BCUT2D eigenvalue weighted by Crippen LogP contribution is -2.44. The fourth-order valence-electron chi connectivity index (χ4n) is 3.27. The summed E-state index contributed by atoms with van der Waals surface area (Å²) < 4.78 is 5.56. The molecule has 0 spiro atoms. The van der Waals surface area contributed by atoms with Gasteiger partial charge in [-0.25, -0.2) is 0 Å². The van der Waals surface area contributed by atoms with Crippen molar-refractivity contribution < 1.29 is 9.32 Å². The molecule has 8 nitrogen and oxygen atoms in total. The van der Waals surface area contributed by atoms with Crippen LogP contribution in [0.5, 0.6) is 0 Å². The minimum absolute atomic E-state index is 0. The van der Waals surface area contributed by atoms with Gasteiger partial charge in [-0.2, -0.15) is 4.98 Å². The van der Waals surface area contributed by atoms with E-state index in [1.807, 2.05) is 25.1 Å². The summed E-state index contributed by atoms with van der Waals surface area (Å²) in [4.78, 5) is 23.4. The van der Waals surface area contributed by atoms with E-state index < -0.39 is 0 Å². The molecule has 152 valence electrons. The maximum atomic E-state index is 12.6. The summed E-state index contributed by atoms with van der Waals surface area (Å²) in [7, 11) is 2.05. The second kappa shape index (κ2) is 9.13. The molecule has 0 radical (unpaired) electrons. The molecule has 1 unspecified atom stereocenters. The van der Waals surface area contributed by atoms with Gasteiger partial charge in [0, 0.05) is 37.6 Å². The van der Waals surface area contributed by atoms with Crippen molar-refractivity contribution in [3.8, 4) is 11.5 Å². The summed E-state index contributed by atoms with van der Waals surface area (Å²) in [6.07, 6.45) is 3.18. The van der Waals surface area contributed by atoms with Crippen molar-refractivity contribution in [1.29, 1.82) is 0 Å². The van der Waals surface area contributed by atoms with Gasteiger partial charge in [-0.3, -0.25) is 14.7 Å². The summed E-state index contributed by atoms with van der Waals surface area (Å²) in [6, 6.07) is 9.11. The lowest BCUT2D eigenvalue weighted by atomic mass is 10.1. The molecule has 4 rings (SSSR count). The zero-order valence-electron chi connectivity index (χ0n) is 16.3. The Morgan fingerprint density at radius 3 is 2.83 bits per heavy atom. The summed E-state index contributed by atoms with van der Waals surface area (Å²) in [5.41, 5.74) is 2.81. The first-order valence-corrected chi connectivity index (χ1v) is 9.19. The second-order valence-corrected chi connectivity index (χ2v) is 6.85. The van der Waals surface area contributed by atoms with Gasteiger partial charge in [0.25, 0.3) is 11.8 Å². The number of aromatic nitrogens is 3. The lowest BCUT2D eigenvalue weighted by Gasteiger charge is -2.30. The molecule has 1 aliphatic heterocycles. The average molecular weight is 415 g/mol. The van der Waals surface area contributed by atoms with Gasteiger partial charge in [-0.05, 0) is 37.7 Å². The summed E-state index contributed by atoms with van der Waals surface area (Å²) >= 11 is 0. The number of carbonyl (C=O) groups excluding carboxylic acids is 1. The molecule has 1 amide bonds. The monoisotopic (exact) mass is 414 g/mol. The van der Waals surface area contributed by atoms with Crippen molar-refractivity contribution in [2.45, 2.75) is 13.0 Å². The predicted molar refractivity (Wildman–Crippen MR) is 112 cm³/mol. The summed E-state index contributed by atoms with van der Waals surface area (Å²) in [5.74, 6) is 0.814. The molecule has 3 aromatic rings. The van der Waals surface area contributed by atoms with Gasteiger partial charge < -0.3 is 15.2 Å². The van der Waals surface area contributed by atoms with E-state index >= 15 is 0 Å². The third kappa shape index (κ3) is 4.45. The first-order valence-electron chi connectivity index (χ1n) is 9.19. The van der Waals surface area contributed by atoms with Gasteiger partial charge >= 0.3 is 0 Å². The van der Waals surface area contributed by atoms with Gasteiger partial charge in [0.15, 0.2) is 5.82 Å².